The molecule has 0 spiro atoms. The number of esters is 4. The maximum atomic E-state index is 13.0. The number of hydrogen-bond donors (Lipinski definition) is 3. The molecule has 3 unspecified atom stereocenters. The molecule has 0 aliphatic heterocycles. The Morgan fingerprint density at radius 1 is 0.278 bits per heavy atom. The van der Waals surface area contributed by atoms with Gasteiger partial charge < -0.3 is 33.8 Å². The van der Waals surface area contributed by atoms with Crippen LogP contribution in [0.4, 0.5) is 0 Å². The van der Waals surface area contributed by atoms with Gasteiger partial charge in [0.25, 0.3) is 0 Å². The second-order valence-electron chi connectivity index (χ2n) is 27.5. The summed E-state index contributed by atoms with van der Waals surface area (Å²) in [6, 6.07) is 0. The van der Waals surface area contributed by atoms with E-state index < -0.39 is 97.5 Å². The summed E-state index contributed by atoms with van der Waals surface area (Å²) in [5.41, 5.74) is 0. The molecule has 17 nitrogen and oxygen atoms in total. The number of carbonyl (C=O) groups is 4. The van der Waals surface area contributed by atoms with Gasteiger partial charge in [-0.25, -0.2) is 9.13 Å². The Balaban J connectivity index is 5.24. The van der Waals surface area contributed by atoms with Crippen LogP contribution in [0.1, 0.15) is 351 Å². The fraction of sp³-hybridized carbons (Fsp3) is 0.944. The minimum absolute atomic E-state index is 0.104. The monoisotopic (exact) mass is 1320 g/mol. The number of aliphatic hydroxyl groups is 1. The molecule has 0 rings (SSSR count). The van der Waals surface area contributed by atoms with Crippen LogP contribution in [-0.4, -0.2) is 96.7 Å². The van der Waals surface area contributed by atoms with E-state index in [0.29, 0.717) is 31.6 Å². The Morgan fingerprint density at radius 3 is 0.689 bits per heavy atom. The normalized spacial score (nSPS) is 14.3. The van der Waals surface area contributed by atoms with Crippen LogP contribution in [0.25, 0.3) is 0 Å². The molecule has 90 heavy (non-hydrogen) atoms. The maximum absolute atomic E-state index is 13.0. The first kappa shape index (κ1) is 88.1. The Kier molecular flexibility index (Phi) is 59.4. The molecule has 3 N–H and O–H groups in total. The predicted molar refractivity (Wildman–Crippen MR) is 363 cm³/mol. The summed E-state index contributed by atoms with van der Waals surface area (Å²) in [4.78, 5) is 72.5. The zero-order valence-electron chi connectivity index (χ0n) is 58.8. The summed E-state index contributed by atoms with van der Waals surface area (Å²) >= 11 is 0. The van der Waals surface area contributed by atoms with Gasteiger partial charge in [-0.3, -0.25) is 37.3 Å². The molecular weight excluding hydrogens is 1190 g/mol. The van der Waals surface area contributed by atoms with E-state index in [2.05, 4.69) is 55.4 Å². The van der Waals surface area contributed by atoms with Gasteiger partial charge in [-0.1, -0.05) is 299 Å². The number of phosphoric acid groups is 2. The van der Waals surface area contributed by atoms with E-state index in [-0.39, 0.29) is 25.7 Å². The Morgan fingerprint density at radius 2 is 0.467 bits per heavy atom. The lowest BCUT2D eigenvalue weighted by atomic mass is 10.0. The van der Waals surface area contributed by atoms with Crippen molar-refractivity contribution < 1.29 is 80.2 Å². The van der Waals surface area contributed by atoms with Crippen molar-refractivity contribution in [2.75, 3.05) is 39.6 Å². The van der Waals surface area contributed by atoms with Crippen molar-refractivity contribution in [1.82, 2.24) is 0 Å². The fourth-order valence-corrected chi connectivity index (χ4v) is 12.2. The van der Waals surface area contributed by atoms with Crippen molar-refractivity contribution in [2.45, 2.75) is 369 Å². The van der Waals surface area contributed by atoms with E-state index >= 15 is 0 Å². The van der Waals surface area contributed by atoms with Gasteiger partial charge in [0.15, 0.2) is 12.2 Å². The summed E-state index contributed by atoms with van der Waals surface area (Å²) in [5.74, 6) is 0.833. The summed E-state index contributed by atoms with van der Waals surface area (Å²) in [5, 5.41) is 10.6. The molecule has 5 atom stereocenters. The lowest BCUT2D eigenvalue weighted by molar-refractivity contribution is -0.161. The summed E-state index contributed by atoms with van der Waals surface area (Å²) < 4.78 is 68.3. The molecule has 0 heterocycles. The fourth-order valence-electron chi connectivity index (χ4n) is 10.7. The van der Waals surface area contributed by atoms with Gasteiger partial charge >= 0.3 is 39.5 Å². The van der Waals surface area contributed by atoms with Crippen molar-refractivity contribution >= 4 is 39.5 Å². The highest BCUT2D eigenvalue weighted by molar-refractivity contribution is 7.47. The number of phosphoric ester groups is 2. The molecule has 19 heteroatoms. The van der Waals surface area contributed by atoms with Crippen LogP contribution < -0.4 is 0 Å². The highest BCUT2D eigenvalue weighted by Gasteiger charge is 2.30. The number of hydrogen-bond acceptors (Lipinski definition) is 15. The van der Waals surface area contributed by atoms with Crippen LogP contribution in [0.2, 0.25) is 0 Å². The number of rotatable bonds is 68. The number of aliphatic hydroxyl groups excluding tert-OH is 1. The third kappa shape index (κ3) is 64.8. The van der Waals surface area contributed by atoms with E-state index in [1.165, 1.54) is 148 Å². The Hall–Kier alpha value is -1.94. The minimum atomic E-state index is -4.95. The van der Waals surface area contributed by atoms with Crippen LogP contribution in [0.3, 0.4) is 0 Å². The molecule has 0 bridgehead atoms. The molecule has 0 aromatic heterocycles. The summed E-state index contributed by atoms with van der Waals surface area (Å²) in [6.45, 7) is 14.1. The van der Waals surface area contributed by atoms with Gasteiger partial charge in [0.05, 0.1) is 26.4 Å². The van der Waals surface area contributed by atoms with Crippen LogP contribution in [0.5, 0.6) is 0 Å². The highest BCUT2D eigenvalue weighted by Crippen LogP contribution is 2.45. The average molecular weight is 1330 g/mol. The lowest BCUT2D eigenvalue weighted by Crippen LogP contribution is -2.30. The first-order chi connectivity index (χ1) is 43.1. The molecule has 0 amide bonds. The van der Waals surface area contributed by atoms with Gasteiger partial charge in [-0.15, -0.1) is 0 Å². The molecule has 0 aliphatic rings. The molecule has 0 fully saturated rings. The first-order valence-electron chi connectivity index (χ1n) is 36.7. The maximum Gasteiger partial charge on any atom is 0.472 e. The van der Waals surface area contributed by atoms with Gasteiger partial charge in [0.1, 0.15) is 19.3 Å². The van der Waals surface area contributed by atoms with Crippen molar-refractivity contribution in [3.8, 4) is 0 Å². The van der Waals surface area contributed by atoms with E-state index in [9.17, 15) is 43.2 Å². The molecule has 0 aliphatic carbocycles. The molecule has 0 saturated heterocycles. The zero-order valence-corrected chi connectivity index (χ0v) is 60.6. The third-order valence-electron chi connectivity index (χ3n) is 16.3. The number of ether oxygens (including phenoxy) is 4. The van der Waals surface area contributed by atoms with E-state index in [1.54, 1.807) is 0 Å². The second-order valence-corrected chi connectivity index (χ2v) is 30.4. The molecular formula is C71H138O17P2. The SMILES string of the molecule is CC(C)CCCCCCCCCCCCCCCCC(=O)O[C@H](COC(=O)CCCCCCCCCCC(C)C)COP(=O)(O)OCC(O)COP(=O)(O)OC[C@@H](COC(=O)CCCCCCCCCC(C)C)OC(=O)CCCCCCCCCCCC(C)C. The standard InChI is InChI=1S/C71H138O17P2/c1-61(2)47-39-31-23-16-13-11-9-10-12-14-18-28-37-45-53-70(75)87-66(57-81-68(73)51-43-35-27-21-20-25-33-41-49-63(5)6)59-85-89(77,78)83-55-65(72)56-84-90(79,80)86-60-67(58-82-69(74)52-44-36-30-22-26-34-42-50-64(7)8)88-71(76)54-46-38-29-19-15-17-24-32-40-48-62(3)4/h61-67,72H,9-60H2,1-8H3,(H,77,78)(H,79,80)/t65?,66-,67-/m1/s1. The van der Waals surface area contributed by atoms with Crippen LogP contribution in [0.15, 0.2) is 0 Å². The van der Waals surface area contributed by atoms with Crippen molar-refractivity contribution in [1.29, 1.82) is 0 Å². The van der Waals surface area contributed by atoms with Gasteiger partial charge in [-0.05, 0) is 49.4 Å². The lowest BCUT2D eigenvalue weighted by Gasteiger charge is -2.21. The summed E-state index contributed by atoms with van der Waals surface area (Å²) in [6.07, 6.45) is 43.2. The first-order valence-corrected chi connectivity index (χ1v) is 39.7. The number of unbranched alkanes of at least 4 members (excludes halogenated alkanes) is 34. The molecule has 534 valence electrons. The quantitative estimate of drug-likeness (QED) is 0.0222. The van der Waals surface area contributed by atoms with Gasteiger partial charge in [0.2, 0.25) is 0 Å². The Labute approximate surface area is 549 Å². The van der Waals surface area contributed by atoms with Gasteiger partial charge in [0, 0.05) is 25.7 Å². The van der Waals surface area contributed by atoms with Crippen molar-refractivity contribution in [2.24, 2.45) is 23.7 Å². The van der Waals surface area contributed by atoms with Crippen LogP contribution in [-0.2, 0) is 65.4 Å². The van der Waals surface area contributed by atoms with Crippen molar-refractivity contribution in [3.63, 3.8) is 0 Å². The summed E-state index contributed by atoms with van der Waals surface area (Å²) in [7, 11) is -9.90. The smallest absolute Gasteiger partial charge is 0.462 e. The van der Waals surface area contributed by atoms with E-state index in [4.69, 9.17) is 37.0 Å². The van der Waals surface area contributed by atoms with E-state index in [1.807, 2.05) is 0 Å². The predicted octanol–water partition coefficient (Wildman–Crippen LogP) is 20.1. The topological polar surface area (TPSA) is 237 Å². The van der Waals surface area contributed by atoms with Crippen LogP contribution in [0, 0.1) is 23.7 Å². The Bertz CT molecular complexity index is 1780. The second kappa shape index (κ2) is 60.7. The van der Waals surface area contributed by atoms with Crippen molar-refractivity contribution in [3.05, 3.63) is 0 Å². The average Bonchev–Trinajstić information content (AvgIpc) is 3.38. The van der Waals surface area contributed by atoms with Gasteiger partial charge in [-0.2, -0.15) is 0 Å². The molecule has 0 aromatic carbocycles. The van der Waals surface area contributed by atoms with E-state index in [0.717, 1.165) is 114 Å². The molecule has 0 saturated carbocycles. The number of carbonyl (C=O) groups excluding carboxylic acids is 4. The largest absolute Gasteiger partial charge is 0.472 e. The zero-order chi connectivity index (χ0) is 66.8. The van der Waals surface area contributed by atoms with Crippen LogP contribution >= 0.6 is 15.6 Å². The third-order valence-corrected chi connectivity index (χ3v) is 18.2. The minimum Gasteiger partial charge on any atom is -0.462 e. The molecule has 0 aromatic rings. The highest BCUT2D eigenvalue weighted by atomic mass is 31.2. The molecule has 0 radical (unpaired) electrons.